The topological polar surface area (TPSA) is 9.23 Å². The molecule has 0 heterocycles. The molecule has 0 saturated carbocycles. The first kappa shape index (κ1) is 13.8. The van der Waals surface area contributed by atoms with Gasteiger partial charge in [0.2, 0.25) is 0 Å². The molecule has 1 nitrogen and oxygen atoms in total. The molecule has 0 aliphatic carbocycles. The fourth-order valence-corrected chi connectivity index (χ4v) is 2.66. The Bertz CT molecular complexity index is 485. The Morgan fingerprint density at radius 1 is 0.944 bits per heavy atom. The van der Waals surface area contributed by atoms with Crippen LogP contribution in [-0.2, 0) is 11.3 Å². The molecule has 0 amide bonds. The Labute approximate surface area is 124 Å². The summed E-state index contributed by atoms with van der Waals surface area (Å²) in [6, 6.07) is 18.4. The lowest BCUT2D eigenvalue weighted by atomic mass is 10.1. The maximum atomic E-state index is 5.97. The van der Waals surface area contributed by atoms with Gasteiger partial charge in [0.15, 0.2) is 0 Å². The number of ether oxygens (including phenoxy) is 1. The summed E-state index contributed by atoms with van der Waals surface area (Å²) >= 11 is 7.04. The van der Waals surface area contributed by atoms with Crippen LogP contribution in [0.4, 0.5) is 0 Å². The Hall–Kier alpha value is -0.640. The summed E-state index contributed by atoms with van der Waals surface area (Å²) in [7, 11) is 0. The van der Waals surface area contributed by atoms with E-state index in [-0.39, 0.29) is 6.10 Å². The first-order chi connectivity index (χ1) is 8.81. The van der Waals surface area contributed by atoms with Gasteiger partial charge < -0.3 is 4.74 Å². The highest BCUT2D eigenvalue weighted by atomic mass is 79.9. The summed E-state index contributed by atoms with van der Waals surface area (Å²) in [6.45, 7) is 0.604. The number of rotatable bonds is 5. The van der Waals surface area contributed by atoms with E-state index in [1.807, 2.05) is 36.4 Å². The van der Waals surface area contributed by atoms with Crippen LogP contribution in [0.3, 0.4) is 0 Å². The summed E-state index contributed by atoms with van der Waals surface area (Å²) in [5.41, 5.74) is 2.36. The van der Waals surface area contributed by atoms with Crippen molar-refractivity contribution < 1.29 is 4.74 Å². The van der Waals surface area contributed by atoms with Crippen LogP contribution >= 0.6 is 31.9 Å². The molecule has 2 rings (SSSR count). The van der Waals surface area contributed by atoms with Crippen molar-refractivity contribution in [1.82, 2.24) is 0 Å². The number of hydrogen-bond acceptors (Lipinski definition) is 1. The molecule has 0 spiro atoms. The maximum absolute atomic E-state index is 5.97. The van der Waals surface area contributed by atoms with Crippen molar-refractivity contribution in [2.75, 3.05) is 5.33 Å². The average Bonchev–Trinajstić information content (AvgIpc) is 2.42. The van der Waals surface area contributed by atoms with Crippen LogP contribution < -0.4 is 0 Å². The zero-order valence-electron chi connectivity index (χ0n) is 9.85. The molecule has 0 saturated heterocycles. The van der Waals surface area contributed by atoms with Crippen LogP contribution in [0.2, 0.25) is 0 Å². The van der Waals surface area contributed by atoms with Gasteiger partial charge in [-0.3, -0.25) is 0 Å². The lowest BCUT2D eigenvalue weighted by Crippen LogP contribution is -2.06. The minimum Gasteiger partial charge on any atom is -0.368 e. The van der Waals surface area contributed by atoms with Gasteiger partial charge in [-0.2, -0.15) is 0 Å². The molecular weight excluding hydrogens is 356 g/mol. The Morgan fingerprint density at radius 3 is 2.28 bits per heavy atom. The highest BCUT2D eigenvalue weighted by Gasteiger charge is 2.10. The predicted molar refractivity (Wildman–Crippen MR) is 81.9 cm³/mol. The molecule has 0 N–H and O–H groups in total. The lowest BCUT2D eigenvalue weighted by Gasteiger charge is -2.16. The van der Waals surface area contributed by atoms with Crippen molar-refractivity contribution in [2.24, 2.45) is 0 Å². The summed E-state index contributed by atoms with van der Waals surface area (Å²) in [5, 5.41) is 0.793. The van der Waals surface area contributed by atoms with Crippen molar-refractivity contribution in [2.45, 2.75) is 12.7 Å². The molecule has 0 radical (unpaired) electrons. The van der Waals surface area contributed by atoms with E-state index in [1.54, 1.807) is 0 Å². The number of alkyl halides is 1. The van der Waals surface area contributed by atoms with Gasteiger partial charge in [0.1, 0.15) is 0 Å². The van der Waals surface area contributed by atoms with E-state index in [4.69, 9.17) is 4.74 Å². The molecule has 1 atom stereocenters. The molecule has 0 aliphatic heterocycles. The standard InChI is InChI=1S/C15H14Br2O/c16-10-15(12-6-2-1-3-7-12)18-11-13-8-4-5-9-14(13)17/h1-9,15H,10-11H2. The number of halogens is 2. The van der Waals surface area contributed by atoms with E-state index in [9.17, 15) is 0 Å². The van der Waals surface area contributed by atoms with Crippen molar-refractivity contribution >= 4 is 31.9 Å². The average molecular weight is 370 g/mol. The van der Waals surface area contributed by atoms with Gasteiger partial charge in [0.25, 0.3) is 0 Å². The molecular formula is C15H14Br2O. The fourth-order valence-electron chi connectivity index (χ4n) is 1.70. The molecule has 2 aromatic rings. The van der Waals surface area contributed by atoms with Crippen LogP contribution in [0, 0.1) is 0 Å². The zero-order valence-corrected chi connectivity index (χ0v) is 13.0. The highest BCUT2D eigenvalue weighted by Crippen LogP contribution is 2.23. The lowest BCUT2D eigenvalue weighted by molar-refractivity contribution is 0.0562. The number of benzene rings is 2. The quantitative estimate of drug-likeness (QED) is 0.666. The third-order valence-corrected chi connectivity index (χ3v) is 4.07. The third kappa shape index (κ3) is 3.67. The van der Waals surface area contributed by atoms with Crippen molar-refractivity contribution in [3.05, 3.63) is 70.2 Å². The molecule has 0 bridgehead atoms. The SMILES string of the molecule is BrCC(OCc1ccccc1Br)c1ccccc1. The Kier molecular flexibility index (Phi) is 5.42. The third-order valence-electron chi connectivity index (χ3n) is 2.71. The van der Waals surface area contributed by atoms with Crippen LogP contribution in [0.1, 0.15) is 17.2 Å². The molecule has 3 heteroatoms. The van der Waals surface area contributed by atoms with Gasteiger partial charge in [-0.05, 0) is 17.2 Å². The molecule has 18 heavy (non-hydrogen) atoms. The van der Waals surface area contributed by atoms with Gasteiger partial charge in [0, 0.05) is 9.80 Å². The molecule has 0 aliphatic rings. The van der Waals surface area contributed by atoms with Crippen molar-refractivity contribution in [1.29, 1.82) is 0 Å². The van der Waals surface area contributed by atoms with Crippen molar-refractivity contribution in [3.63, 3.8) is 0 Å². The largest absolute Gasteiger partial charge is 0.368 e. The highest BCUT2D eigenvalue weighted by molar-refractivity contribution is 9.10. The second kappa shape index (κ2) is 7.07. The van der Waals surface area contributed by atoms with Crippen molar-refractivity contribution in [3.8, 4) is 0 Å². The second-order valence-corrected chi connectivity index (χ2v) is 5.46. The summed E-state index contributed by atoms with van der Waals surface area (Å²) in [4.78, 5) is 0. The molecule has 1 unspecified atom stereocenters. The molecule has 0 aromatic heterocycles. The summed E-state index contributed by atoms with van der Waals surface area (Å²) in [6.07, 6.45) is 0.0818. The monoisotopic (exact) mass is 368 g/mol. The number of hydrogen-bond donors (Lipinski definition) is 0. The fraction of sp³-hybridized carbons (Fsp3) is 0.200. The minimum atomic E-state index is 0.0818. The van der Waals surface area contributed by atoms with E-state index >= 15 is 0 Å². The van der Waals surface area contributed by atoms with Gasteiger partial charge in [-0.1, -0.05) is 80.4 Å². The molecule has 0 fully saturated rings. The predicted octanol–water partition coefficient (Wildman–Crippen LogP) is 5.10. The first-order valence-corrected chi connectivity index (χ1v) is 7.68. The molecule has 2 aromatic carbocycles. The van der Waals surface area contributed by atoms with E-state index < -0.39 is 0 Å². The van der Waals surface area contributed by atoms with Gasteiger partial charge >= 0.3 is 0 Å². The van der Waals surface area contributed by atoms with E-state index in [2.05, 4.69) is 50.1 Å². The van der Waals surface area contributed by atoms with Crippen LogP contribution in [-0.4, -0.2) is 5.33 Å². The van der Waals surface area contributed by atoms with Gasteiger partial charge in [-0.15, -0.1) is 0 Å². The second-order valence-electron chi connectivity index (χ2n) is 3.96. The van der Waals surface area contributed by atoms with Gasteiger partial charge in [0.05, 0.1) is 12.7 Å². The van der Waals surface area contributed by atoms with E-state index in [0.29, 0.717) is 6.61 Å². The van der Waals surface area contributed by atoms with Gasteiger partial charge in [-0.25, -0.2) is 0 Å². The summed E-state index contributed by atoms with van der Waals surface area (Å²) in [5.74, 6) is 0. The smallest absolute Gasteiger partial charge is 0.0926 e. The van der Waals surface area contributed by atoms with Crippen LogP contribution in [0.25, 0.3) is 0 Å². The Morgan fingerprint density at radius 2 is 1.61 bits per heavy atom. The normalized spacial score (nSPS) is 12.3. The first-order valence-electron chi connectivity index (χ1n) is 5.77. The van der Waals surface area contributed by atoms with Crippen LogP contribution in [0.5, 0.6) is 0 Å². The maximum Gasteiger partial charge on any atom is 0.0926 e. The minimum absolute atomic E-state index is 0.0818. The zero-order chi connectivity index (χ0) is 12.8. The Balaban J connectivity index is 2.02. The van der Waals surface area contributed by atoms with Crippen LogP contribution in [0.15, 0.2) is 59.1 Å². The van der Waals surface area contributed by atoms with E-state index in [1.165, 1.54) is 11.1 Å². The van der Waals surface area contributed by atoms with E-state index in [0.717, 1.165) is 9.80 Å². The summed E-state index contributed by atoms with van der Waals surface area (Å²) < 4.78 is 7.06. The molecule has 94 valence electrons.